The minimum absolute atomic E-state index is 0.495. The normalized spacial score (nSPS) is 20.7. The number of hydrogen-bond acceptors (Lipinski definition) is 2. The number of hydrogen-bond donors (Lipinski definition) is 1. The maximum atomic E-state index is 13.2. The molecule has 0 saturated carbocycles. The second kappa shape index (κ2) is 5.33. The van der Waals surface area contributed by atoms with E-state index >= 15 is 0 Å². The van der Waals surface area contributed by atoms with E-state index in [9.17, 15) is 8.78 Å². The molecule has 4 heteroatoms. The molecule has 1 atom stereocenters. The highest BCUT2D eigenvalue weighted by Gasteiger charge is 2.28. The van der Waals surface area contributed by atoms with Crippen LogP contribution in [0.1, 0.15) is 31.7 Å². The van der Waals surface area contributed by atoms with Crippen LogP contribution >= 0.6 is 0 Å². The third-order valence-corrected chi connectivity index (χ3v) is 3.62. The van der Waals surface area contributed by atoms with Crippen molar-refractivity contribution in [3.63, 3.8) is 0 Å². The lowest BCUT2D eigenvalue weighted by molar-refractivity contribution is 0.0855. The summed E-state index contributed by atoms with van der Waals surface area (Å²) < 4.78 is 26.0. The predicted octanol–water partition coefficient (Wildman–Crippen LogP) is 2.67. The highest BCUT2D eigenvalue weighted by molar-refractivity contribution is 5.19. The van der Waals surface area contributed by atoms with Gasteiger partial charge in [0.25, 0.3) is 0 Å². The van der Waals surface area contributed by atoms with Crippen LogP contribution in [-0.4, -0.2) is 23.7 Å². The molecule has 2 rings (SSSR count). The quantitative estimate of drug-likeness (QED) is 0.898. The van der Waals surface area contributed by atoms with Gasteiger partial charge >= 0.3 is 0 Å². The lowest BCUT2D eigenvalue weighted by Gasteiger charge is -2.40. The standard InChI is InChI=1S/C14H20F2N2/c1-14(17,18-7-3-2-4-8-18)10-11-5-6-12(15)13(16)9-11/h5-6,9H,2-4,7-8,10,17H2,1H3. The fourth-order valence-electron chi connectivity index (χ4n) is 2.58. The molecule has 0 bridgehead atoms. The van der Waals surface area contributed by atoms with Crippen LogP contribution in [0.15, 0.2) is 18.2 Å². The van der Waals surface area contributed by atoms with Crippen molar-refractivity contribution in [3.8, 4) is 0 Å². The largest absolute Gasteiger partial charge is 0.313 e. The molecule has 2 nitrogen and oxygen atoms in total. The van der Waals surface area contributed by atoms with Crippen LogP contribution in [0.4, 0.5) is 8.78 Å². The molecular formula is C14H20F2N2. The molecule has 0 aromatic heterocycles. The van der Waals surface area contributed by atoms with Gasteiger partial charge in [0.05, 0.1) is 5.66 Å². The van der Waals surface area contributed by atoms with Crippen molar-refractivity contribution in [1.29, 1.82) is 0 Å². The summed E-state index contributed by atoms with van der Waals surface area (Å²) in [6.45, 7) is 3.92. The molecule has 0 spiro atoms. The van der Waals surface area contributed by atoms with Crippen LogP contribution in [-0.2, 0) is 6.42 Å². The maximum Gasteiger partial charge on any atom is 0.159 e. The van der Waals surface area contributed by atoms with Crippen molar-refractivity contribution in [2.75, 3.05) is 13.1 Å². The fourth-order valence-corrected chi connectivity index (χ4v) is 2.58. The SMILES string of the molecule is CC(N)(Cc1ccc(F)c(F)c1)N1CCCCC1. The number of nitrogens with two attached hydrogens (primary N) is 1. The zero-order valence-corrected chi connectivity index (χ0v) is 10.8. The van der Waals surface area contributed by atoms with E-state index in [1.54, 1.807) is 6.07 Å². The molecule has 1 saturated heterocycles. The van der Waals surface area contributed by atoms with Crippen LogP contribution in [0.25, 0.3) is 0 Å². The fraction of sp³-hybridized carbons (Fsp3) is 0.571. The Bertz CT molecular complexity index is 412. The summed E-state index contributed by atoms with van der Waals surface area (Å²) in [7, 11) is 0. The zero-order chi connectivity index (χ0) is 13.2. The molecule has 1 aliphatic heterocycles. The first kappa shape index (κ1) is 13.4. The second-order valence-electron chi connectivity index (χ2n) is 5.33. The Morgan fingerprint density at radius 1 is 1.17 bits per heavy atom. The van der Waals surface area contributed by atoms with E-state index in [0.717, 1.165) is 37.6 Å². The molecule has 1 unspecified atom stereocenters. The van der Waals surface area contributed by atoms with E-state index < -0.39 is 17.3 Å². The van der Waals surface area contributed by atoms with Crippen molar-refractivity contribution in [1.82, 2.24) is 4.90 Å². The maximum absolute atomic E-state index is 13.2. The van der Waals surface area contributed by atoms with Gasteiger partial charge in [0, 0.05) is 6.42 Å². The van der Waals surface area contributed by atoms with Gasteiger partial charge in [-0.25, -0.2) is 8.78 Å². The van der Waals surface area contributed by atoms with Gasteiger partial charge in [-0.3, -0.25) is 4.90 Å². The van der Waals surface area contributed by atoms with Gasteiger partial charge in [-0.2, -0.15) is 0 Å². The Kier molecular flexibility index (Phi) is 3.97. The van der Waals surface area contributed by atoms with Crippen molar-refractivity contribution in [2.24, 2.45) is 5.73 Å². The Morgan fingerprint density at radius 2 is 1.83 bits per heavy atom. The van der Waals surface area contributed by atoms with Crippen LogP contribution in [0.2, 0.25) is 0 Å². The summed E-state index contributed by atoms with van der Waals surface area (Å²) in [4.78, 5) is 2.23. The number of nitrogens with zero attached hydrogens (tertiary/aromatic N) is 1. The zero-order valence-electron chi connectivity index (χ0n) is 10.8. The first-order chi connectivity index (χ1) is 8.49. The summed E-state index contributed by atoms with van der Waals surface area (Å²) in [5.41, 5.74) is 6.57. The average molecular weight is 254 g/mol. The van der Waals surface area contributed by atoms with Crippen molar-refractivity contribution in [3.05, 3.63) is 35.4 Å². The Labute approximate surface area is 107 Å². The van der Waals surface area contributed by atoms with E-state index in [1.165, 1.54) is 12.5 Å². The first-order valence-corrected chi connectivity index (χ1v) is 6.47. The third kappa shape index (κ3) is 3.06. The van der Waals surface area contributed by atoms with Crippen LogP contribution in [0.3, 0.4) is 0 Å². The number of rotatable bonds is 3. The lowest BCUT2D eigenvalue weighted by atomic mass is 9.97. The van der Waals surface area contributed by atoms with Crippen LogP contribution in [0, 0.1) is 11.6 Å². The average Bonchev–Trinajstić information content (AvgIpc) is 2.35. The summed E-state index contributed by atoms with van der Waals surface area (Å²) in [6, 6.07) is 4.01. The topological polar surface area (TPSA) is 29.3 Å². The third-order valence-electron chi connectivity index (χ3n) is 3.62. The van der Waals surface area contributed by atoms with Crippen molar-refractivity contribution >= 4 is 0 Å². The molecule has 2 N–H and O–H groups in total. The number of halogens is 2. The van der Waals surface area contributed by atoms with Gasteiger partial charge in [-0.15, -0.1) is 0 Å². The van der Waals surface area contributed by atoms with Crippen molar-refractivity contribution < 1.29 is 8.78 Å². The highest BCUT2D eigenvalue weighted by atomic mass is 19.2. The second-order valence-corrected chi connectivity index (χ2v) is 5.33. The number of benzene rings is 1. The lowest BCUT2D eigenvalue weighted by Crippen LogP contribution is -2.56. The molecule has 1 fully saturated rings. The van der Waals surface area contributed by atoms with Gasteiger partial charge in [0.1, 0.15) is 0 Å². The molecule has 1 aromatic carbocycles. The Morgan fingerprint density at radius 3 is 2.44 bits per heavy atom. The molecule has 0 aliphatic carbocycles. The van der Waals surface area contributed by atoms with Gasteiger partial charge in [0.15, 0.2) is 11.6 Å². The highest BCUT2D eigenvalue weighted by Crippen LogP contribution is 2.21. The van der Waals surface area contributed by atoms with E-state index in [0.29, 0.717) is 6.42 Å². The molecule has 1 aliphatic rings. The molecule has 18 heavy (non-hydrogen) atoms. The van der Waals surface area contributed by atoms with Gasteiger partial charge < -0.3 is 5.73 Å². The van der Waals surface area contributed by atoms with E-state index in [2.05, 4.69) is 4.90 Å². The monoisotopic (exact) mass is 254 g/mol. The molecule has 1 heterocycles. The number of piperidine rings is 1. The van der Waals surface area contributed by atoms with E-state index in [1.807, 2.05) is 6.92 Å². The summed E-state index contributed by atoms with van der Waals surface area (Å²) in [5, 5.41) is 0. The summed E-state index contributed by atoms with van der Waals surface area (Å²) in [5.74, 6) is -1.61. The van der Waals surface area contributed by atoms with Crippen molar-refractivity contribution in [2.45, 2.75) is 38.3 Å². The predicted molar refractivity (Wildman–Crippen MR) is 68.1 cm³/mol. The molecule has 0 radical (unpaired) electrons. The van der Waals surface area contributed by atoms with Gasteiger partial charge in [0.2, 0.25) is 0 Å². The molecule has 100 valence electrons. The van der Waals surface area contributed by atoms with Gasteiger partial charge in [-0.05, 0) is 50.6 Å². The van der Waals surface area contributed by atoms with Gasteiger partial charge in [-0.1, -0.05) is 12.5 Å². The summed E-state index contributed by atoms with van der Waals surface area (Å²) in [6.07, 6.45) is 4.09. The number of likely N-dealkylation sites (tertiary alicyclic amines) is 1. The minimum atomic E-state index is -0.810. The Balaban J connectivity index is 2.08. The van der Waals surface area contributed by atoms with E-state index in [-0.39, 0.29) is 0 Å². The minimum Gasteiger partial charge on any atom is -0.313 e. The van der Waals surface area contributed by atoms with Crippen LogP contribution < -0.4 is 5.73 Å². The van der Waals surface area contributed by atoms with Crippen LogP contribution in [0.5, 0.6) is 0 Å². The summed E-state index contributed by atoms with van der Waals surface area (Å²) >= 11 is 0. The Hall–Kier alpha value is -1.00. The molecule has 0 amide bonds. The molecule has 1 aromatic rings. The molecular weight excluding hydrogens is 234 g/mol. The first-order valence-electron chi connectivity index (χ1n) is 6.47. The smallest absolute Gasteiger partial charge is 0.159 e. The van der Waals surface area contributed by atoms with E-state index in [4.69, 9.17) is 5.73 Å².